The molecule has 3 aromatic carbocycles. The Morgan fingerprint density at radius 2 is 1.64 bits per heavy atom. The van der Waals surface area contributed by atoms with Gasteiger partial charge in [-0.1, -0.05) is 85.0 Å². The van der Waals surface area contributed by atoms with Crippen LogP contribution in [0, 0.1) is 6.92 Å². The first-order valence-electron chi connectivity index (χ1n) is 11.6. The summed E-state index contributed by atoms with van der Waals surface area (Å²) in [6.45, 7) is 12.5. The third-order valence-corrected chi connectivity index (χ3v) is 6.16. The van der Waals surface area contributed by atoms with Gasteiger partial charge in [0.1, 0.15) is 0 Å². The van der Waals surface area contributed by atoms with Crippen LogP contribution in [-0.2, 0) is 0 Å². The van der Waals surface area contributed by atoms with Crippen LogP contribution in [0.1, 0.15) is 54.8 Å². The number of rotatable bonds is 7. The number of aryl methyl sites for hydroxylation is 1. The highest BCUT2D eigenvalue weighted by Crippen LogP contribution is 2.32. The zero-order valence-corrected chi connectivity index (χ0v) is 20.0. The summed E-state index contributed by atoms with van der Waals surface area (Å²) >= 11 is 0. The number of para-hydroxylation sites is 1. The minimum absolute atomic E-state index is 0.223. The van der Waals surface area contributed by atoms with Gasteiger partial charge in [0.2, 0.25) is 0 Å². The van der Waals surface area contributed by atoms with Gasteiger partial charge in [0.05, 0.1) is 11.2 Å². The molecular formula is C31H32N2. The second kappa shape index (κ2) is 9.79. The highest BCUT2D eigenvalue weighted by molar-refractivity contribution is 5.95. The van der Waals surface area contributed by atoms with Crippen molar-refractivity contribution in [2.45, 2.75) is 33.7 Å². The Kier molecular flexibility index (Phi) is 6.65. The van der Waals surface area contributed by atoms with E-state index in [-0.39, 0.29) is 6.04 Å². The average molecular weight is 433 g/mol. The van der Waals surface area contributed by atoms with Crippen LogP contribution < -0.4 is 5.32 Å². The van der Waals surface area contributed by atoms with Gasteiger partial charge in [-0.25, -0.2) is 0 Å². The zero-order valence-electron chi connectivity index (χ0n) is 20.0. The first kappa shape index (κ1) is 22.4. The lowest BCUT2D eigenvalue weighted by molar-refractivity contribution is 0.700. The smallest absolute Gasteiger partial charge is 0.0541 e. The van der Waals surface area contributed by atoms with Crippen molar-refractivity contribution >= 4 is 28.8 Å². The molecule has 4 aromatic rings. The molecule has 1 N–H and O–H groups in total. The highest BCUT2D eigenvalue weighted by atomic mass is 15.0. The molecule has 166 valence electrons. The van der Waals surface area contributed by atoms with E-state index in [0.29, 0.717) is 0 Å². The highest BCUT2D eigenvalue weighted by Gasteiger charge is 2.15. The second-order valence-corrected chi connectivity index (χ2v) is 8.38. The van der Waals surface area contributed by atoms with Crippen molar-refractivity contribution in [1.29, 1.82) is 0 Å². The van der Waals surface area contributed by atoms with Crippen molar-refractivity contribution in [2.75, 3.05) is 0 Å². The summed E-state index contributed by atoms with van der Waals surface area (Å²) in [6.07, 6.45) is 8.34. The summed E-state index contributed by atoms with van der Waals surface area (Å²) in [5.41, 5.74) is 9.50. The maximum atomic E-state index is 4.07. The van der Waals surface area contributed by atoms with Crippen LogP contribution >= 0.6 is 0 Å². The van der Waals surface area contributed by atoms with E-state index < -0.39 is 0 Å². The van der Waals surface area contributed by atoms with Crippen LogP contribution in [0.2, 0.25) is 0 Å². The number of nitrogens with one attached hydrogen (secondary N) is 1. The molecule has 0 saturated carbocycles. The summed E-state index contributed by atoms with van der Waals surface area (Å²) in [7, 11) is 0. The van der Waals surface area contributed by atoms with Gasteiger partial charge in [-0.2, -0.15) is 0 Å². The van der Waals surface area contributed by atoms with Crippen molar-refractivity contribution in [1.82, 2.24) is 9.88 Å². The van der Waals surface area contributed by atoms with Crippen molar-refractivity contribution in [3.05, 3.63) is 119 Å². The van der Waals surface area contributed by atoms with Crippen molar-refractivity contribution < 1.29 is 0 Å². The van der Waals surface area contributed by atoms with Gasteiger partial charge < -0.3 is 9.88 Å². The molecule has 0 bridgehead atoms. The largest absolute Gasteiger partial charge is 0.378 e. The average Bonchev–Trinajstić information content (AvgIpc) is 3.16. The van der Waals surface area contributed by atoms with Crippen molar-refractivity contribution in [2.24, 2.45) is 0 Å². The summed E-state index contributed by atoms with van der Waals surface area (Å²) in [5.74, 6) is 0. The topological polar surface area (TPSA) is 17.0 Å². The third-order valence-electron chi connectivity index (χ3n) is 6.16. The third kappa shape index (κ3) is 4.42. The van der Waals surface area contributed by atoms with Crippen LogP contribution in [0.25, 0.3) is 34.4 Å². The van der Waals surface area contributed by atoms with E-state index in [4.69, 9.17) is 0 Å². The molecule has 1 heterocycles. The van der Waals surface area contributed by atoms with Crippen LogP contribution in [0.4, 0.5) is 0 Å². The van der Waals surface area contributed by atoms with Gasteiger partial charge in [0.15, 0.2) is 0 Å². The van der Waals surface area contributed by atoms with E-state index in [0.717, 1.165) is 22.6 Å². The zero-order chi connectivity index (χ0) is 23.4. The minimum Gasteiger partial charge on any atom is -0.378 e. The Balaban J connectivity index is 1.68. The van der Waals surface area contributed by atoms with Crippen LogP contribution in [0.3, 0.4) is 0 Å². The fourth-order valence-corrected chi connectivity index (χ4v) is 4.39. The van der Waals surface area contributed by atoms with Crippen molar-refractivity contribution in [3.8, 4) is 5.69 Å². The van der Waals surface area contributed by atoms with Gasteiger partial charge in [0.25, 0.3) is 0 Å². The van der Waals surface area contributed by atoms with Gasteiger partial charge in [-0.3, -0.25) is 0 Å². The lowest BCUT2D eigenvalue weighted by atomic mass is 10.0. The number of nitrogens with zero attached hydrogens (tertiary/aromatic N) is 1. The van der Waals surface area contributed by atoms with Crippen LogP contribution in [0.15, 0.2) is 91.5 Å². The Hall–Kier alpha value is -3.78. The van der Waals surface area contributed by atoms with E-state index in [1.54, 1.807) is 0 Å². The summed E-state index contributed by atoms with van der Waals surface area (Å²) in [6, 6.07) is 26.2. The molecule has 0 aliphatic heterocycles. The molecule has 2 nitrogen and oxygen atoms in total. The normalized spacial score (nSPS) is 12.9. The minimum atomic E-state index is 0.223. The molecular weight excluding hydrogens is 400 g/mol. The number of allylic oxidation sites excluding steroid dienone is 2. The SMILES string of the molecule is C=Cc1c(/C=C\C)n(-c2ccc(/C(=C/C)NC(C)c3ccc(C)cc3)cc2)c2ccccc12. The Bertz CT molecular complexity index is 1320. The summed E-state index contributed by atoms with van der Waals surface area (Å²) < 4.78 is 2.31. The predicted molar refractivity (Wildman–Crippen MR) is 144 cm³/mol. The molecule has 0 aliphatic carbocycles. The number of aromatic nitrogens is 1. The Morgan fingerprint density at radius 1 is 0.939 bits per heavy atom. The van der Waals surface area contributed by atoms with Gasteiger partial charge in [-0.15, -0.1) is 0 Å². The first-order chi connectivity index (χ1) is 16.1. The Morgan fingerprint density at radius 3 is 2.27 bits per heavy atom. The molecule has 0 amide bonds. The standard InChI is InChI=1S/C31H32N2/c1-6-11-30-27(7-2)28-12-9-10-13-31(28)33(30)26-20-18-25(19-21-26)29(8-3)32-23(5)24-16-14-22(4)15-17-24/h6-21,23,32H,2H2,1,3-5H3/b11-6-,29-8-. The predicted octanol–water partition coefficient (Wildman–Crippen LogP) is 8.33. The molecule has 4 rings (SSSR count). The van der Waals surface area contributed by atoms with Crippen LogP contribution in [0.5, 0.6) is 0 Å². The maximum Gasteiger partial charge on any atom is 0.0541 e. The number of benzene rings is 3. The number of fused-ring (bicyclic) bond motifs is 1. The number of hydrogen-bond donors (Lipinski definition) is 1. The van der Waals surface area contributed by atoms with E-state index in [1.165, 1.54) is 27.6 Å². The fraction of sp³-hybridized carbons (Fsp3) is 0.161. The van der Waals surface area contributed by atoms with E-state index in [2.05, 4.69) is 135 Å². The second-order valence-electron chi connectivity index (χ2n) is 8.38. The molecule has 1 atom stereocenters. The molecule has 0 fully saturated rings. The summed E-state index contributed by atoms with van der Waals surface area (Å²) in [5, 5.41) is 4.90. The number of hydrogen-bond acceptors (Lipinski definition) is 1. The molecule has 0 spiro atoms. The lowest BCUT2D eigenvalue weighted by Crippen LogP contribution is -2.17. The van der Waals surface area contributed by atoms with Crippen LogP contribution in [-0.4, -0.2) is 4.57 Å². The van der Waals surface area contributed by atoms with E-state index >= 15 is 0 Å². The molecule has 1 unspecified atom stereocenters. The lowest BCUT2D eigenvalue weighted by Gasteiger charge is -2.19. The molecule has 0 aliphatic rings. The molecule has 1 aromatic heterocycles. The molecule has 0 radical (unpaired) electrons. The van der Waals surface area contributed by atoms with Gasteiger partial charge in [-0.05, 0) is 63.1 Å². The first-order valence-corrected chi connectivity index (χ1v) is 11.6. The van der Waals surface area contributed by atoms with Gasteiger partial charge >= 0.3 is 0 Å². The summed E-state index contributed by atoms with van der Waals surface area (Å²) in [4.78, 5) is 0. The van der Waals surface area contributed by atoms with E-state index in [1.807, 2.05) is 6.08 Å². The van der Waals surface area contributed by atoms with Gasteiger partial charge in [0, 0.05) is 28.4 Å². The quantitative estimate of drug-likeness (QED) is 0.310. The van der Waals surface area contributed by atoms with Crippen molar-refractivity contribution in [3.63, 3.8) is 0 Å². The van der Waals surface area contributed by atoms with E-state index in [9.17, 15) is 0 Å². The Labute approximate surface area is 197 Å². The maximum absolute atomic E-state index is 4.07. The molecule has 33 heavy (non-hydrogen) atoms. The fourth-order valence-electron chi connectivity index (χ4n) is 4.39. The molecule has 2 heteroatoms. The monoisotopic (exact) mass is 432 g/mol. The molecule has 0 saturated heterocycles.